The van der Waals surface area contributed by atoms with E-state index in [-0.39, 0.29) is 17.9 Å². The monoisotopic (exact) mass is 222 g/mol. The molecule has 2 fully saturated rings. The Labute approximate surface area is 96.2 Å². The van der Waals surface area contributed by atoms with Gasteiger partial charge in [0.15, 0.2) is 0 Å². The molecule has 4 nitrogen and oxygen atoms in total. The van der Waals surface area contributed by atoms with Crippen molar-refractivity contribution in [2.24, 2.45) is 5.92 Å². The Balaban J connectivity index is 1.81. The minimum Gasteiger partial charge on any atom is -0.378 e. The van der Waals surface area contributed by atoms with Crippen LogP contribution in [0.2, 0.25) is 0 Å². The van der Waals surface area contributed by atoms with Crippen LogP contribution >= 0.6 is 0 Å². The lowest BCUT2D eigenvalue weighted by Crippen LogP contribution is -2.40. The first-order valence-corrected chi connectivity index (χ1v) is 6.08. The van der Waals surface area contributed by atoms with Crippen LogP contribution in [0.4, 0.5) is 0 Å². The molecule has 16 heavy (non-hydrogen) atoms. The quantitative estimate of drug-likeness (QED) is 0.708. The zero-order valence-electron chi connectivity index (χ0n) is 9.52. The van der Waals surface area contributed by atoms with Gasteiger partial charge in [-0.05, 0) is 25.7 Å². The van der Waals surface area contributed by atoms with Gasteiger partial charge in [0, 0.05) is 19.7 Å². The van der Waals surface area contributed by atoms with E-state index in [2.05, 4.69) is 6.07 Å². The van der Waals surface area contributed by atoms with E-state index in [4.69, 9.17) is 10.00 Å². The minimum atomic E-state index is 0.0298. The van der Waals surface area contributed by atoms with Crippen molar-refractivity contribution in [3.8, 4) is 6.07 Å². The van der Waals surface area contributed by atoms with Crippen molar-refractivity contribution in [2.45, 2.75) is 38.2 Å². The Bertz CT molecular complexity index is 292. The minimum absolute atomic E-state index is 0.0298. The van der Waals surface area contributed by atoms with Crippen molar-refractivity contribution < 1.29 is 9.53 Å². The summed E-state index contributed by atoms with van der Waals surface area (Å²) >= 11 is 0. The molecule has 2 unspecified atom stereocenters. The maximum Gasteiger partial charge on any atom is 0.225 e. The highest BCUT2D eigenvalue weighted by Crippen LogP contribution is 2.20. The molecule has 2 aliphatic heterocycles. The predicted octanol–water partition coefficient (Wildman–Crippen LogP) is 1.32. The fourth-order valence-electron chi connectivity index (χ4n) is 2.44. The third-order valence-corrected chi connectivity index (χ3v) is 3.38. The number of nitriles is 1. The smallest absolute Gasteiger partial charge is 0.225 e. The topological polar surface area (TPSA) is 53.3 Å². The Morgan fingerprint density at radius 3 is 3.00 bits per heavy atom. The summed E-state index contributed by atoms with van der Waals surface area (Å²) in [7, 11) is 0. The van der Waals surface area contributed by atoms with Gasteiger partial charge < -0.3 is 9.64 Å². The molecule has 4 heteroatoms. The van der Waals surface area contributed by atoms with Gasteiger partial charge in [-0.25, -0.2) is 0 Å². The molecule has 0 aromatic heterocycles. The van der Waals surface area contributed by atoms with Crippen LogP contribution in [0.25, 0.3) is 0 Å². The van der Waals surface area contributed by atoms with E-state index in [0.717, 1.165) is 38.8 Å². The number of carbonyl (C=O) groups excluding carboxylic acids is 1. The number of hydrogen-bond acceptors (Lipinski definition) is 3. The molecule has 2 heterocycles. The highest BCUT2D eigenvalue weighted by atomic mass is 16.5. The second-order valence-electron chi connectivity index (χ2n) is 4.65. The number of hydrogen-bond donors (Lipinski definition) is 0. The van der Waals surface area contributed by atoms with Gasteiger partial charge in [-0.3, -0.25) is 4.79 Å². The third kappa shape index (κ3) is 2.73. The molecule has 2 rings (SSSR count). The number of carbonyl (C=O) groups is 1. The Morgan fingerprint density at radius 1 is 1.44 bits per heavy atom. The lowest BCUT2D eigenvalue weighted by Gasteiger charge is -2.30. The molecule has 1 amide bonds. The van der Waals surface area contributed by atoms with E-state index in [1.807, 2.05) is 4.90 Å². The highest BCUT2D eigenvalue weighted by molar-refractivity contribution is 5.76. The maximum absolute atomic E-state index is 12.0. The standard InChI is InChI=1S/C12H18N2O2/c13-8-10-3-1-5-14(9-10)12(15)7-11-4-2-6-16-11/h10-11H,1-7,9H2. The molecule has 0 N–H and O–H groups in total. The first-order valence-electron chi connectivity index (χ1n) is 6.08. The van der Waals surface area contributed by atoms with E-state index in [1.54, 1.807) is 0 Å². The summed E-state index contributed by atoms with van der Waals surface area (Å²) in [6.07, 6.45) is 4.57. The van der Waals surface area contributed by atoms with E-state index in [1.165, 1.54) is 0 Å². The summed E-state index contributed by atoms with van der Waals surface area (Å²) in [5.74, 6) is 0.189. The molecular formula is C12H18N2O2. The average molecular weight is 222 g/mol. The first-order chi connectivity index (χ1) is 7.79. The van der Waals surface area contributed by atoms with Crippen LogP contribution in [-0.4, -0.2) is 36.6 Å². The van der Waals surface area contributed by atoms with Crippen molar-refractivity contribution >= 4 is 5.91 Å². The Kier molecular flexibility index (Phi) is 3.79. The van der Waals surface area contributed by atoms with E-state index in [0.29, 0.717) is 13.0 Å². The van der Waals surface area contributed by atoms with Gasteiger partial charge in [-0.1, -0.05) is 0 Å². The van der Waals surface area contributed by atoms with Gasteiger partial charge in [0.05, 0.1) is 24.5 Å². The number of rotatable bonds is 2. The Hall–Kier alpha value is -1.08. The van der Waals surface area contributed by atoms with Crippen molar-refractivity contribution in [3.05, 3.63) is 0 Å². The van der Waals surface area contributed by atoms with Crippen molar-refractivity contribution in [1.29, 1.82) is 5.26 Å². The zero-order valence-corrected chi connectivity index (χ0v) is 9.52. The van der Waals surface area contributed by atoms with Crippen LogP contribution in [0.3, 0.4) is 0 Å². The molecule has 0 aromatic carbocycles. The lowest BCUT2D eigenvalue weighted by atomic mass is 9.99. The van der Waals surface area contributed by atoms with Gasteiger partial charge in [0.25, 0.3) is 0 Å². The molecule has 0 aromatic rings. The van der Waals surface area contributed by atoms with Crippen LogP contribution in [0.5, 0.6) is 0 Å². The van der Waals surface area contributed by atoms with Crippen molar-refractivity contribution in [2.75, 3.05) is 19.7 Å². The number of piperidine rings is 1. The number of amides is 1. The SMILES string of the molecule is N#CC1CCCN(C(=O)CC2CCCO2)C1. The predicted molar refractivity (Wildman–Crippen MR) is 58.5 cm³/mol. The zero-order chi connectivity index (χ0) is 11.4. The van der Waals surface area contributed by atoms with Gasteiger partial charge in [0.2, 0.25) is 5.91 Å². The molecule has 0 radical (unpaired) electrons. The molecule has 0 bridgehead atoms. The number of ether oxygens (including phenoxy) is 1. The van der Waals surface area contributed by atoms with Crippen LogP contribution in [0, 0.1) is 17.2 Å². The Morgan fingerprint density at radius 2 is 2.31 bits per heavy atom. The first kappa shape index (κ1) is 11.4. The number of nitrogens with zero attached hydrogens (tertiary/aromatic N) is 2. The van der Waals surface area contributed by atoms with E-state index in [9.17, 15) is 4.79 Å². The fourth-order valence-corrected chi connectivity index (χ4v) is 2.44. The van der Waals surface area contributed by atoms with Crippen LogP contribution in [0.15, 0.2) is 0 Å². The van der Waals surface area contributed by atoms with Crippen LogP contribution in [0.1, 0.15) is 32.1 Å². The number of likely N-dealkylation sites (tertiary alicyclic amines) is 1. The van der Waals surface area contributed by atoms with Crippen molar-refractivity contribution in [3.63, 3.8) is 0 Å². The summed E-state index contributed by atoms with van der Waals surface area (Å²) in [4.78, 5) is 13.8. The normalized spacial score (nSPS) is 30.1. The average Bonchev–Trinajstić information content (AvgIpc) is 2.82. The largest absolute Gasteiger partial charge is 0.378 e. The summed E-state index contributed by atoms with van der Waals surface area (Å²) in [6.45, 7) is 2.21. The summed E-state index contributed by atoms with van der Waals surface area (Å²) < 4.78 is 5.46. The maximum atomic E-state index is 12.0. The summed E-state index contributed by atoms with van der Waals surface area (Å²) in [5.41, 5.74) is 0. The third-order valence-electron chi connectivity index (χ3n) is 3.38. The van der Waals surface area contributed by atoms with Crippen LogP contribution < -0.4 is 0 Å². The summed E-state index contributed by atoms with van der Waals surface area (Å²) in [6, 6.07) is 2.26. The molecule has 0 aliphatic carbocycles. The van der Waals surface area contributed by atoms with Gasteiger partial charge in [-0.2, -0.15) is 5.26 Å². The van der Waals surface area contributed by atoms with Gasteiger partial charge in [-0.15, -0.1) is 0 Å². The summed E-state index contributed by atoms with van der Waals surface area (Å²) in [5, 5.41) is 8.86. The molecule has 0 saturated carbocycles. The molecule has 0 spiro atoms. The van der Waals surface area contributed by atoms with E-state index >= 15 is 0 Å². The highest BCUT2D eigenvalue weighted by Gasteiger charge is 2.26. The van der Waals surface area contributed by atoms with Gasteiger partial charge in [0.1, 0.15) is 0 Å². The molecule has 2 aliphatic rings. The fraction of sp³-hybridized carbons (Fsp3) is 0.833. The second kappa shape index (κ2) is 5.31. The lowest BCUT2D eigenvalue weighted by molar-refractivity contribution is -0.134. The second-order valence-corrected chi connectivity index (χ2v) is 4.65. The van der Waals surface area contributed by atoms with Gasteiger partial charge >= 0.3 is 0 Å². The van der Waals surface area contributed by atoms with E-state index < -0.39 is 0 Å². The van der Waals surface area contributed by atoms with Crippen molar-refractivity contribution in [1.82, 2.24) is 4.90 Å². The molecule has 2 saturated heterocycles. The molecule has 2 atom stereocenters. The molecular weight excluding hydrogens is 204 g/mol. The molecule has 88 valence electrons. The van der Waals surface area contributed by atoms with Crippen LogP contribution in [-0.2, 0) is 9.53 Å².